The fourth-order valence-electron chi connectivity index (χ4n) is 2.56. The number of unbranched alkanes of at least 4 members (excludes halogenated alkanes) is 1. The highest BCUT2D eigenvalue weighted by Crippen LogP contribution is 2.30. The summed E-state index contributed by atoms with van der Waals surface area (Å²) in [7, 11) is 0. The van der Waals surface area contributed by atoms with Crippen LogP contribution in [0.3, 0.4) is 0 Å². The third-order valence-electron chi connectivity index (χ3n) is 4.02. The fourth-order valence-corrected chi connectivity index (χ4v) is 3.23. The lowest BCUT2D eigenvalue weighted by Gasteiger charge is -2.23. The molecular weight excluding hydrogens is 256 g/mol. The average molecular weight is 280 g/mol. The third-order valence-corrected chi connectivity index (χ3v) is 4.72. The second-order valence-corrected chi connectivity index (χ2v) is 6.15. The first-order valence-corrected chi connectivity index (χ1v) is 8.21. The molecule has 0 saturated carbocycles. The summed E-state index contributed by atoms with van der Waals surface area (Å²) in [6.07, 6.45) is 3.29. The Bertz CT molecular complexity index is 404. The van der Waals surface area contributed by atoms with Crippen molar-refractivity contribution in [1.29, 1.82) is 0 Å². The zero-order valence-corrected chi connectivity index (χ0v) is 12.9. The molecule has 0 aromatic carbocycles. The van der Waals surface area contributed by atoms with E-state index in [2.05, 4.69) is 42.9 Å². The minimum atomic E-state index is -0.0215. The number of carbonyl (C=O) groups excluding carboxylic acids is 1. The van der Waals surface area contributed by atoms with Gasteiger partial charge >= 0.3 is 0 Å². The van der Waals surface area contributed by atoms with Gasteiger partial charge in [0.15, 0.2) is 0 Å². The molecule has 19 heavy (non-hydrogen) atoms. The van der Waals surface area contributed by atoms with E-state index < -0.39 is 0 Å². The van der Waals surface area contributed by atoms with Crippen LogP contribution in [0.25, 0.3) is 0 Å². The molecule has 1 aliphatic rings. The lowest BCUT2D eigenvalue weighted by molar-refractivity contribution is -0.131. The Morgan fingerprint density at radius 1 is 1.47 bits per heavy atom. The van der Waals surface area contributed by atoms with Crippen LogP contribution in [0, 0.1) is 5.92 Å². The Morgan fingerprint density at radius 3 is 2.84 bits per heavy atom. The maximum absolute atomic E-state index is 12.6. The van der Waals surface area contributed by atoms with E-state index in [1.807, 2.05) is 4.90 Å². The summed E-state index contributed by atoms with van der Waals surface area (Å²) < 4.78 is 0. The Morgan fingerprint density at radius 2 is 2.26 bits per heavy atom. The molecule has 1 aromatic rings. The van der Waals surface area contributed by atoms with Crippen LogP contribution in [-0.2, 0) is 4.79 Å². The quantitative estimate of drug-likeness (QED) is 0.866. The van der Waals surface area contributed by atoms with Gasteiger partial charge in [-0.1, -0.05) is 33.6 Å². The third kappa shape index (κ3) is 3.00. The first-order chi connectivity index (χ1) is 9.19. The Hall–Kier alpha value is -0.870. The molecule has 3 atom stereocenters. The maximum atomic E-state index is 12.6. The molecule has 1 saturated heterocycles. The van der Waals surface area contributed by atoms with Gasteiger partial charge in [0.05, 0.1) is 6.04 Å². The van der Waals surface area contributed by atoms with Gasteiger partial charge in [0.2, 0.25) is 5.91 Å². The highest BCUT2D eigenvalue weighted by molar-refractivity contribution is 7.07. The number of carbonyl (C=O) groups is 1. The molecule has 3 unspecified atom stereocenters. The number of hydrogen-bond donors (Lipinski definition) is 1. The predicted molar refractivity (Wildman–Crippen MR) is 80.1 cm³/mol. The molecule has 0 aliphatic carbocycles. The van der Waals surface area contributed by atoms with Gasteiger partial charge < -0.3 is 4.90 Å². The van der Waals surface area contributed by atoms with Crippen molar-refractivity contribution in [3.63, 3.8) is 0 Å². The molecule has 0 bridgehead atoms. The number of rotatable bonds is 6. The topological polar surface area (TPSA) is 32.3 Å². The summed E-state index contributed by atoms with van der Waals surface area (Å²) in [6.45, 7) is 7.33. The average Bonchev–Trinajstić information content (AvgIpc) is 3.03. The van der Waals surface area contributed by atoms with Gasteiger partial charge in [-0.15, -0.1) is 0 Å². The van der Waals surface area contributed by atoms with Crippen LogP contribution in [0.5, 0.6) is 0 Å². The summed E-state index contributed by atoms with van der Waals surface area (Å²) in [5.74, 6) is 0.666. The lowest BCUT2D eigenvalue weighted by atomic mass is 9.99. The van der Waals surface area contributed by atoms with E-state index in [0.717, 1.165) is 25.8 Å². The summed E-state index contributed by atoms with van der Waals surface area (Å²) in [4.78, 5) is 14.6. The molecule has 2 heterocycles. The number of nitrogens with zero attached hydrogens (tertiary/aromatic N) is 1. The van der Waals surface area contributed by atoms with E-state index in [1.54, 1.807) is 11.3 Å². The van der Waals surface area contributed by atoms with E-state index in [4.69, 9.17) is 0 Å². The summed E-state index contributed by atoms with van der Waals surface area (Å²) >= 11 is 1.69. The van der Waals surface area contributed by atoms with Crippen LogP contribution in [-0.4, -0.2) is 23.4 Å². The largest absolute Gasteiger partial charge is 0.322 e. The second kappa shape index (κ2) is 6.53. The SMILES string of the molecule is CCCCN1C(=O)C(C(C)CC)NC1c1ccsc1. The van der Waals surface area contributed by atoms with Crippen molar-refractivity contribution < 1.29 is 4.79 Å². The first-order valence-electron chi connectivity index (χ1n) is 7.27. The zero-order valence-electron chi connectivity index (χ0n) is 12.1. The predicted octanol–water partition coefficient (Wildman–Crippen LogP) is 3.39. The zero-order chi connectivity index (χ0) is 13.8. The summed E-state index contributed by atoms with van der Waals surface area (Å²) in [5.41, 5.74) is 1.22. The molecule has 0 spiro atoms. The van der Waals surface area contributed by atoms with Crippen molar-refractivity contribution in [3.05, 3.63) is 22.4 Å². The van der Waals surface area contributed by atoms with Gasteiger partial charge in [0.1, 0.15) is 6.17 Å². The molecule has 1 N–H and O–H groups in total. The van der Waals surface area contributed by atoms with Crippen molar-refractivity contribution in [2.45, 2.75) is 52.2 Å². The number of hydrogen-bond acceptors (Lipinski definition) is 3. The molecule has 3 nitrogen and oxygen atoms in total. The van der Waals surface area contributed by atoms with E-state index in [9.17, 15) is 4.79 Å². The lowest BCUT2D eigenvalue weighted by Crippen LogP contribution is -2.35. The highest BCUT2D eigenvalue weighted by atomic mass is 32.1. The normalized spacial score (nSPS) is 25.0. The van der Waals surface area contributed by atoms with E-state index in [1.165, 1.54) is 5.56 Å². The van der Waals surface area contributed by atoms with Gasteiger partial charge in [-0.25, -0.2) is 0 Å². The van der Waals surface area contributed by atoms with Crippen molar-refractivity contribution in [2.24, 2.45) is 5.92 Å². The fraction of sp³-hybridized carbons (Fsp3) is 0.667. The minimum Gasteiger partial charge on any atom is -0.322 e. The van der Waals surface area contributed by atoms with Gasteiger partial charge in [0.25, 0.3) is 0 Å². The Kier molecular flexibility index (Phi) is 4.99. The van der Waals surface area contributed by atoms with Crippen molar-refractivity contribution in [2.75, 3.05) is 6.54 Å². The van der Waals surface area contributed by atoms with Gasteiger partial charge in [-0.05, 0) is 34.7 Å². The van der Waals surface area contributed by atoms with Crippen LogP contribution in [0.15, 0.2) is 16.8 Å². The van der Waals surface area contributed by atoms with Crippen molar-refractivity contribution in [1.82, 2.24) is 10.2 Å². The van der Waals surface area contributed by atoms with Gasteiger partial charge in [-0.3, -0.25) is 10.1 Å². The smallest absolute Gasteiger partial charge is 0.241 e. The van der Waals surface area contributed by atoms with Crippen LogP contribution in [0.4, 0.5) is 0 Å². The maximum Gasteiger partial charge on any atom is 0.241 e. The van der Waals surface area contributed by atoms with E-state index >= 15 is 0 Å². The highest BCUT2D eigenvalue weighted by Gasteiger charge is 2.41. The standard InChI is InChI=1S/C15H24N2OS/c1-4-6-8-17-14(12-7-9-19-10-12)16-13(15(17)18)11(3)5-2/h7,9-11,13-14,16H,4-6,8H2,1-3H3. The summed E-state index contributed by atoms with van der Waals surface area (Å²) in [5, 5.41) is 7.76. The van der Waals surface area contributed by atoms with Crippen LogP contribution in [0.1, 0.15) is 51.8 Å². The molecule has 1 aliphatic heterocycles. The number of nitrogens with one attached hydrogen (secondary N) is 1. The number of thiophene rings is 1. The van der Waals surface area contributed by atoms with Crippen LogP contribution in [0.2, 0.25) is 0 Å². The Balaban J connectivity index is 2.17. The molecule has 4 heteroatoms. The molecule has 2 rings (SSSR count). The molecule has 1 fully saturated rings. The molecule has 1 amide bonds. The van der Waals surface area contributed by atoms with Gasteiger partial charge in [0, 0.05) is 6.54 Å². The molecule has 106 valence electrons. The summed E-state index contributed by atoms with van der Waals surface area (Å²) in [6, 6.07) is 2.10. The monoisotopic (exact) mass is 280 g/mol. The van der Waals surface area contributed by atoms with Gasteiger partial charge in [-0.2, -0.15) is 11.3 Å². The van der Waals surface area contributed by atoms with Crippen molar-refractivity contribution in [3.8, 4) is 0 Å². The van der Waals surface area contributed by atoms with E-state index in [-0.39, 0.29) is 18.1 Å². The molecular formula is C15H24N2OS. The molecule has 0 radical (unpaired) electrons. The van der Waals surface area contributed by atoms with Crippen LogP contribution >= 0.6 is 11.3 Å². The second-order valence-electron chi connectivity index (χ2n) is 5.37. The minimum absolute atomic E-state index is 0.0215. The van der Waals surface area contributed by atoms with Crippen molar-refractivity contribution >= 4 is 17.2 Å². The number of amides is 1. The van der Waals surface area contributed by atoms with Crippen LogP contribution < -0.4 is 5.32 Å². The Labute approximate surface area is 120 Å². The molecule has 1 aromatic heterocycles. The van der Waals surface area contributed by atoms with E-state index in [0.29, 0.717) is 5.92 Å². The first kappa shape index (κ1) is 14.5.